The molecular formula is C22H23ClFN3O5. The third-order valence-electron chi connectivity index (χ3n) is 4.85. The first kappa shape index (κ1) is 23.3. The monoisotopic (exact) mass is 463 g/mol. The molecule has 3 rings (SSSR count). The van der Waals surface area contributed by atoms with Crippen LogP contribution in [0.15, 0.2) is 42.5 Å². The molecule has 0 saturated carbocycles. The molecule has 0 aliphatic carbocycles. The smallest absolute Gasteiger partial charge is 0.303 e. The Labute approximate surface area is 189 Å². The fourth-order valence-electron chi connectivity index (χ4n) is 3.20. The summed E-state index contributed by atoms with van der Waals surface area (Å²) in [4.78, 5) is 36.5. The normalized spacial score (nSPS) is 13.9. The fraction of sp³-hybridized carbons (Fsp3) is 0.318. The van der Waals surface area contributed by atoms with Crippen molar-refractivity contribution in [2.75, 3.05) is 24.6 Å². The Bertz CT molecular complexity index is 978. The summed E-state index contributed by atoms with van der Waals surface area (Å²) < 4.78 is 23.8. The van der Waals surface area contributed by atoms with Crippen molar-refractivity contribution in [3.05, 3.63) is 58.9 Å². The summed E-state index contributed by atoms with van der Waals surface area (Å²) in [6, 6.07) is 11.0. The van der Waals surface area contributed by atoms with E-state index in [4.69, 9.17) is 16.3 Å². The van der Waals surface area contributed by atoms with E-state index in [-0.39, 0.29) is 6.10 Å². The maximum absolute atomic E-state index is 13.4. The number of ether oxygens (including phenoxy) is 2. The van der Waals surface area contributed by atoms with E-state index in [1.807, 2.05) is 12.1 Å². The molecular weight excluding hydrogens is 441 g/mol. The minimum Gasteiger partial charge on any atom is -0.489 e. The number of hydrazine groups is 1. The average molecular weight is 464 g/mol. The van der Waals surface area contributed by atoms with Crippen molar-refractivity contribution >= 4 is 35.1 Å². The van der Waals surface area contributed by atoms with Crippen LogP contribution < -0.4 is 20.5 Å². The number of nitrogens with one attached hydrogen (secondary N) is 2. The second-order valence-electron chi connectivity index (χ2n) is 7.21. The Morgan fingerprint density at radius 2 is 1.78 bits per heavy atom. The summed E-state index contributed by atoms with van der Waals surface area (Å²) >= 11 is 6.07. The SMILES string of the molecule is CC(=O)OCC(=O)NNC(=O)c1ccc(N2CCC(Oc3cc(F)ccc3Cl)CC2)cc1. The first-order valence-corrected chi connectivity index (χ1v) is 10.4. The van der Waals surface area contributed by atoms with E-state index in [2.05, 4.69) is 20.5 Å². The number of carbonyl (C=O) groups is 3. The lowest BCUT2D eigenvalue weighted by molar-refractivity contribution is -0.146. The third-order valence-corrected chi connectivity index (χ3v) is 5.16. The van der Waals surface area contributed by atoms with Crippen molar-refractivity contribution in [2.45, 2.75) is 25.9 Å². The van der Waals surface area contributed by atoms with Gasteiger partial charge in [-0.3, -0.25) is 25.2 Å². The van der Waals surface area contributed by atoms with Crippen molar-refractivity contribution in [3.8, 4) is 5.75 Å². The van der Waals surface area contributed by atoms with E-state index in [0.29, 0.717) is 16.3 Å². The maximum atomic E-state index is 13.4. The number of nitrogens with zero attached hydrogens (tertiary/aromatic N) is 1. The predicted molar refractivity (Wildman–Crippen MR) is 116 cm³/mol. The number of benzene rings is 2. The zero-order valence-electron chi connectivity index (χ0n) is 17.4. The summed E-state index contributed by atoms with van der Waals surface area (Å²) in [6.45, 7) is 2.17. The van der Waals surface area contributed by atoms with Crippen LogP contribution in [0.1, 0.15) is 30.1 Å². The second-order valence-corrected chi connectivity index (χ2v) is 7.62. The van der Waals surface area contributed by atoms with Crippen LogP contribution >= 0.6 is 11.6 Å². The van der Waals surface area contributed by atoms with Crippen LogP contribution in [-0.4, -0.2) is 43.6 Å². The standard InChI is InChI=1S/C22H23ClFN3O5/c1-14(28)31-13-21(29)25-26-22(30)15-2-5-17(6-3-15)27-10-8-18(9-11-27)32-20-12-16(24)4-7-19(20)23/h2-7,12,18H,8-11,13H2,1H3,(H,25,29)(H,26,30). The van der Waals surface area contributed by atoms with Gasteiger partial charge >= 0.3 is 5.97 Å². The molecule has 1 aliphatic rings. The Balaban J connectivity index is 1.47. The van der Waals surface area contributed by atoms with Crippen LogP contribution in [0.3, 0.4) is 0 Å². The maximum Gasteiger partial charge on any atom is 0.303 e. The lowest BCUT2D eigenvalue weighted by Gasteiger charge is -2.34. The van der Waals surface area contributed by atoms with Gasteiger partial charge in [-0.25, -0.2) is 4.39 Å². The van der Waals surface area contributed by atoms with E-state index >= 15 is 0 Å². The molecule has 1 fully saturated rings. The number of piperidine rings is 1. The van der Waals surface area contributed by atoms with Gasteiger partial charge in [0.25, 0.3) is 11.8 Å². The Morgan fingerprint density at radius 1 is 1.09 bits per heavy atom. The molecule has 170 valence electrons. The number of amides is 2. The highest BCUT2D eigenvalue weighted by atomic mass is 35.5. The zero-order valence-corrected chi connectivity index (χ0v) is 18.2. The molecule has 0 aromatic heterocycles. The van der Waals surface area contributed by atoms with Gasteiger partial charge in [0.1, 0.15) is 17.7 Å². The number of halogens is 2. The van der Waals surface area contributed by atoms with Gasteiger partial charge in [0.05, 0.1) is 5.02 Å². The summed E-state index contributed by atoms with van der Waals surface area (Å²) in [7, 11) is 0. The molecule has 0 bridgehead atoms. The van der Waals surface area contributed by atoms with Gasteiger partial charge in [-0.15, -0.1) is 0 Å². The van der Waals surface area contributed by atoms with Gasteiger partial charge in [0, 0.05) is 50.2 Å². The highest BCUT2D eigenvalue weighted by molar-refractivity contribution is 6.32. The number of hydrogen-bond acceptors (Lipinski definition) is 6. The van der Waals surface area contributed by atoms with Crippen molar-refractivity contribution in [1.82, 2.24) is 10.9 Å². The van der Waals surface area contributed by atoms with Gasteiger partial charge in [-0.1, -0.05) is 11.6 Å². The molecule has 10 heteroatoms. The fourth-order valence-corrected chi connectivity index (χ4v) is 3.37. The van der Waals surface area contributed by atoms with E-state index in [9.17, 15) is 18.8 Å². The van der Waals surface area contributed by atoms with Crippen molar-refractivity contribution in [3.63, 3.8) is 0 Å². The summed E-state index contributed by atoms with van der Waals surface area (Å²) in [6.07, 6.45) is 1.42. The quantitative estimate of drug-likeness (QED) is 0.505. The molecule has 2 N–H and O–H groups in total. The summed E-state index contributed by atoms with van der Waals surface area (Å²) in [5, 5.41) is 0.380. The van der Waals surface area contributed by atoms with Gasteiger partial charge in [-0.05, 0) is 36.4 Å². The first-order valence-electron chi connectivity index (χ1n) is 10.0. The molecule has 1 heterocycles. The molecule has 1 aliphatic heterocycles. The van der Waals surface area contributed by atoms with Crippen LogP contribution in [0.4, 0.5) is 10.1 Å². The van der Waals surface area contributed by atoms with E-state index < -0.39 is 30.2 Å². The minimum absolute atomic E-state index is 0.0637. The number of esters is 1. The molecule has 0 atom stereocenters. The minimum atomic E-state index is -0.644. The number of rotatable bonds is 6. The van der Waals surface area contributed by atoms with Gasteiger partial charge in [0.2, 0.25) is 0 Å². The molecule has 1 saturated heterocycles. The Morgan fingerprint density at radius 3 is 2.44 bits per heavy atom. The van der Waals surface area contributed by atoms with E-state index in [0.717, 1.165) is 31.6 Å². The molecule has 2 aromatic carbocycles. The van der Waals surface area contributed by atoms with Crippen molar-refractivity contribution < 1.29 is 28.2 Å². The van der Waals surface area contributed by atoms with Crippen molar-refractivity contribution in [2.24, 2.45) is 0 Å². The highest BCUT2D eigenvalue weighted by Crippen LogP contribution is 2.29. The molecule has 0 radical (unpaired) electrons. The predicted octanol–water partition coefficient (Wildman–Crippen LogP) is 2.85. The van der Waals surface area contributed by atoms with Gasteiger partial charge in [-0.2, -0.15) is 0 Å². The Kier molecular flexibility index (Phi) is 7.88. The number of anilines is 1. The largest absolute Gasteiger partial charge is 0.489 e. The third kappa shape index (κ3) is 6.58. The van der Waals surface area contributed by atoms with Gasteiger partial charge < -0.3 is 14.4 Å². The lowest BCUT2D eigenvalue weighted by Crippen LogP contribution is -2.43. The van der Waals surface area contributed by atoms with Crippen molar-refractivity contribution in [1.29, 1.82) is 0 Å². The summed E-state index contributed by atoms with van der Waals surface area (Å²) in [5.41, 5.74) is 5.74. The molecule has 8 nitrogen and oxygen atoms in total. The topological polar surface area (TPSA) is 97.0 Å². The van der Waals surface area contributed by atoms with Crippen LogP contribution in [0.5, 0.6) is 5.75 Å². The second kappa shape index (κ2) is 10.8. The van der Waals surface area contributed by atoms with Crippen LogP contribution in [0.25, 0.3) is 0 Å². The Hall–Kier alpha value is -3.33. The van der Waals surface area contributed by atoms with E-state index in [1.54, 1.807) is 12.1 Å². The molecule has 2 amide bonds. The highest BCUT2D eigenvalue weighted by Gasteiger charge is 2.22. The van der Waals surface area contributed by atoms with Crippen LogP contribution in [0.2, 0.25) is 5.02 Å². The van der Waals surface area contributed by atoms with Gasteiger partial charge in [0.15, 0.2) is 6.61 Å². The molecule has 2 aromatic rings. The molecule has 0 spiro atoms. The summed E-state index contributed by atoms with van der Waals surface area (Å²) in [5.74, 6) is -1.77. The number of carbonyl (C=O) groups excluding carboxylic acids is 3. The van der Waals surface area contributed by atoms with Crippen LogP contribution in [-0.2, 0) is 14.3 Å². The molecule has 0 unspecified atom stereocenters. The van der Waals surface area contributed by atoms with Crippen LogP contribution in [0, 0.1) is 5.82 Å². The molecule has 32 heavy (non-hydrogen) atoms. The van der Waals surface area contributed by atoms with E-state index in [1.165, 1.54) is 25.1 Å². The zero-order chi connectivity index (χ0) is 23.1. The first-order chi connectivity index (χ1) is 15.3. The average Bonchev–Trinajstić information content (AvgIpc) is 2.79. The lowest BCUT2D eigenvalue weighted by atomic mass is 10.1. The number of hydrogen-bond donors (Lipinski definition) is 2.